The van der Waals surface area contributed by atoms with E-state index >= 15 is 0 Å². The summed E-state index contributed by atoms with van der Waals surface area (Å²) in [6.07, 6.45) is 10.8. The lowest BCUT2D eigenvalue weighted by molar-refractivity contribution is 0.334. The number of hydrogen-bond donors (Lipinski definition) is 1. The van der Waals surface area contributed by atoms with E-state index in [9.17, 15) is 0 Å². The Bertz CT molecular complexity index is 173. The van der Waals surface area contributed by atoms with Crippen LogP contribution >= 0.6 is 12.2 Å². The highest BCUT2D eigenvalue weighted by Crippen LogP contribution is 2.25. The van der Waals surface area contributed by atoms with Crippen LogP contribution in [-0.2, 0) is 0 Å². The molecule has 0 unspecified atom stereocenters. The predicted octanol–water partition coefficient (Wildman–Crippen LogP) is 3.72. The summed E-state index contributed by atoms with van der Waals surface area (Å²) in [4.78, 5) is 1.21. The second-order valence-electron chi connectivity index (χ2n) is 4.68. The SMILES string of the molecule is CCC(=S)CCNCCC1CCCCC1. The number of thiocarbonyl (C=S) groups is 1. The van der Waals surface area contributed by atoms with Crippen LogP contribution in [0.4, 0.5) is 0 Å². The summed E-state index contributed by atoms with van der Waals surface area (Å²) in [5, 5.41) is 3.51. The zero-order valence-corrected chi connectivity index (χ0v) is 10.9. The normalized spacial score (nSPS) is 17.9. The first-order valence-electron chi connectivity index (χ1n) is 6.55. The molecule has 1 aliphatic rings. The topological polar surface area (TPSA) is 12.0 Å². The van der Waals surface area contributed by atoms with Gasteiger partial charge in [-0.3, -0.25) is 0 Å². The summed E-state index contributed by atoms with van der Waals surface area (Å²) >= 11 is 5.19. The molecule has 1 rings (SSSR count). The molecule has 15 heavy (non-hydrogen) atoms. The fourth-order valence-corrected chi connectivity index (χ4v) is 2.41. The Morgan fingerprint density at radius 3 is 2.60 bits per heavy atom. The first-order chi connectivity index (χ1) is 7.33. The average Bonchev–Trinajstić information content (AvgIpc) is 2.29. The fourth-order valence-electron chi connectivity index (χ4n) is 2.31. The lowest BCUT2D eigenvalue weighted by atomic mass is 9.87. The van der Waals surface area contributed by atoms with E-state index in [1.54, 1.807) is 0 Å². The molecule has 0 aromatic rings. The lowest BCUT2D eigenvalue weighted by Crippen LogP contribution is -2.21. The minimum Gasteiger partial charge on any atom is -0.316 e. The van der Waals surface area contributed by atoms with Gasteiger partial charge in [0.1, 0.15) is 0 Å². The summed E-state index contributed by atoms with van der Waals surface area (Å²) in [6.45, 7) is 4.42. The Morgan fingerprint density at radius 2 is 1.93 bits per heavy atom. The Balaban J connectivity index is 1.89. The summed E-state index contributed by atoms with van der Waals surface area (Å²) in [6, 6.07) is 0. The largest absolute Gasteiger partial charge is 0.316 e. The molecule has 0 aromatic heterocycles. The molecule has 1 fully saturated rings. The zero-order chi connectivity index (χ0) is 10.9. The van der Waals surface area contributed by atoms with E-state index in [1.807, 2.05) is 0 Å². The van der Waals surface area contributed by atoms with Crippen LogP contribution < -0.4 is 5.32 Å². The molecule has 0 saturated heterocycles. The highest BCUT2D eigenvalue weighted by Gasteiger charge is 2.12. The molecule has 1 saturated carbocycles. The third-order valence-electron chi connectivity index (χ3n) is 3.43. The molecular formula is C13H25NS. The molecule has 1 nitrogen and oxygen atoms in total. The molecule has 1 aliphatic carbocycles. The monoisotopic (exact) mass is 227 g/mol. The standard InChI is InChI=1S/C13H25NS/c1-2-13(15)9-11-14-10-8-12-6-4-3-5-7-12/h12,14H,2-11H2,1H3. The van der Waals surface area contributed by atoms with Crippen molar-refractivity contribution < 1.29 is 0 Å². The Kier molecular flexibility index (Phi) is 7.20. The van der Waals surface area contributed by atoms with E-state index in [1.165, 1.54) is 49.9 Å². The van der Waals surface area contributed by atoms with E-state index in [2.05, 4.69) is 12.2 Å². The minimum absolute atomic E-state index is 1.00. The maximum atomic E-state index is 5.19. The quantitative estimate of drug-likeness (QED) is 0.525. The van der Waals surface area contributed by atoms with Crippen LogP contribution in [0.1, 0.15) is 58.3 Å². The predicted molar refractivity (Wildman–Crippen MR) is 71.6 cm³/mol. The van der Waals surface area contributed by atoms with Gasteiger partial charge in [0.2, 0.25) is 0 Å². The van der Waals surface area contributed by atoms with Gasteiger partial charge in [0.15, 0.2) is 0 Å². The van der Waals surface area contributed by atoms with Gasteiger partial charge < -0.3 is 5.32 Å². The maximum absolute atomic E-state index is 5.19. The second-order valence-corrected chi connectivity index (χ2v) is 5.26. The van der Waals surface area contributed by atoms with E-state index in [0.717, 1.165) is 25.3 Å². The van der Waals surface area contributed by atoms with Crippen molar-refractivity contribution in [3.05, 3.63) is 0 Å². The van der Waals surface area contributed by atoms with Crippen LogP contribution in [-0.4, -0.2) is 18.0 Å². The Morgan fingerprint density at radius 1 is 1.20 bits per heavy atom. The number of nitrogens with one attached hydrogen (secondary N) is 1. The summed E-state index contributed by atoms with van der Waals surface area (Å²) in [7, 11) is 0. The van der Waals surface area contributed by atoms with E-state index in [-0.39, 0.29) is 0 Å². The summed E-state index contributed by atoms with van der Waals surface area (Å²) in [5.74, 6) is 1.00. The fraction of sp³-hybridized carbons (Fsp3) is 0.923. The van der Waals surface area contributed by atoms with Gasteiger partial charge in [-0.15, -0.1) is 0 Å². The summed E-state index contributed by atoms with van der Waals surface area (Å²) < 4.78 is 0. The molecule has 88 valence electrons. The first kappa shape index (κ1) is 13.1. The molecular weight excluding hydrogens is 202 g/mol. The molecule has 0 amide bonds. The van der Waals surface area contributed by atoms with E-state index in [0.29, 0.717) is 0 Å². The van der Waals surface area contributed by atoms with Gasteiger partial charge in [-0.25, -0.2) is 0 Å². The molecule has 0 radical (unpaired) electrons. The van der Waals surface area contributed by atoms with Crippen molar-refractivity contribution in [2.24, 2.45) is 5.92 Å². The van der Waals surface area contributed by atoms with Crippen LogP contribution in [0, 0.1) is 5.92 Å². The Labute approximate surface area is 100 Å². The van der Waals surface area contributed by atoms with Crippen molar-refractivity contribution in [3.8, 4) is 0 Å². The first-order valence-corrected chi connectivity index (χ1v) is 6.96. The average molecular weight is 227 g/mol. The third-order valence-corrected chi connectivity index (χ3v) is 3.92. The van der Waals surface area contributed by atoms with E-state index in [4.69, 9.17) is 12.2 Å². The number of hydrogen-bond acceptors (Lipinski definition) is 2. The minimum atomic E-state index is 1.00. The van der Waals surface area contributed by atoms with Crippen molar-refractivity contribution in [1.29, 1.82) is 0 Å². The smallest absolute Gasteiger partial charge is 0.000337 e. The van der Waals surface area contributed by atoms with Crippen molar-refractivity contribution in [3.63, 3.8) is 0 Å². The van der Waals surface area contributed by atoms with Crippen LogP contribution in [0.3, 0.4) is 0 Å². The van der Waals surface area contributed by atoms with Crippen LogP contribution in [0.25, 0.3) is 0 Å². The van der Waals surface area contributed by atoms with Gasteiger partial charge in [0, 0.05) is 0 Å². The van der Waals surface area contributed by atoms with Gasteiger partial charge >= 0.3 is 0 Å². The molecule has 0 bridgehead atoms. The van der Waals surface area contributed by atoms with Crippen molar-refractivity contribution in [1.82, 2.24) is 5.32 Å². The van der Waals surface area contributed by atoms with Gasteiger partial charge in [-0.1, -0.05) is 51.2 Å². The van der Waals surface area contributed by atoms with Gasteiger partial charge in [-0.05, 0) is 43.1 Å². The maximum Gasteiger partial charge on any atom is -0.000337 e. The zero-order valence-electron chi connectivity index (χ0n) is 10.1. The molecule has 0 aromatic carbocycles. The van der Waals surface area contributed by atoms with Crippen molar-refractivity contribution in [2.45, 2.75) is 58.3 Å². The summed E-state index contributed by atoms with van der Waals surface area (Å²) in [5.41, 5.74) is 0. The van der Waals surface area contributed by atoms with Crippen molar-refractivity contribution in [2.75, 3.05) is 13.1 Å². The highest BCUT2D eigenvalue weighted by atomic mass is 32.1. The van der Waals surface area contributed by atoms with Crippen molar-refractivity contribution >= 4 is 17.1 Å². The highest BCUT2D eigenvalue weighted by molar-refractivity contribution is 7.80. The molecule has 0 aliphatic heterocycles. The number of rotatable bonds is 7. The van der Waals surface area contributed by atoms with Gasteiger partial charge in [0.25, 0.3) is 0 Å². The van der Waals surface area contributed by atoms with E-state index < -0.39 is 0 Å². The van der Waals surface area contributed by atoms with Crippen LogP contribution in [0.5, 0.6) is 0 Å². The molecule has 0 heterocycles. The Hall–Kier alpha value is 0.0500. The molecule has 0 atom stereocenters. The third kappa shape index (κ3) is 6.26. The van der Waals surface area contributed by atoms with Gasteiger partial charge in [-0.2, -0.15) is 0 Å². The lowest BCUT2D eigenvalue weighted by Gasteiger charge is -2.21. The van der Waals surface area contributed by atoms with Crippen LogP contribution in [0.15, 0.2) is 0 Å². The molecule has 2 heteroatoms. The van der Waals surface area contributed by atoms with Crippen LogP contribution in [0.2, 0.25) is 0 Å². The second kappa shape index (κ2) is 8.23. The molecule has 0 spiro atoms. The molecule has 1 N–H and O–H groups in total. The van der Waals surface area contributed by atoms with Gasteiger partial charge in [0.05, 0.1) is 0 Å².